The Morgan fingerprint density at radius 2 is 2.00 bits per heavy atom. The molecule has 1 aliphatic rings. The molecule has 1 aromatic heterocycles. The monoisotopic (exact) mass is 357 g/mol. The first-order valence-electron chi connectivity index (χ1n) is 7.71. The third kappa shape index (κ3) is 3.89. The Balaban J connectivity index is 1.52. The molecule has 26 heavy (non-hydrogen) atoms. The Bertz CT molecular complexity index is 846. The number of nitrogens with zero attached hydrogens (tertiary/aromatic N) is 1. The van der Waals surface area contributed by atoms with E-state index in [2.05, 4.69) is 10.6 Å². The SMILES string of the molecule is O=C1CN(C(=O)COC(=O)CNC(=O)c2ccco2)c2ccccc2N1. The number of anilines is 2. The van der Waals surface area contributed by atoms with E-state index in [9.17, 15) is 19.2 Å². The summed E-state index contributed by atoms with van der Waals surface area (Å²) in [5.74, 6) is -2.18. The van der Waals surface area contributed by atoms with Gasteiger partial charge in [0.05, 0.1) is 17.6 Å². The van der Waals surface area contributed by atoms with Crippen molar-refractivity contribution in [3.63, 3.8) is 0 Å². The minimum Gasteiger partial charge on any atom is -0.459 e. The molecule has 0 saturated carbocycles. The van der Waals surface area contributed by atoms with Crippen molar-refractivity contribution in [2.24, 2.45) is 0 Å². The van der Waals surface area contributed by atoms with Crippen LogP contribution in [0.1, 0.15) is 10.6 Å². The zero-order valence-corrected chi connectivity index (χ0v) is 13.6. The first kappa shape index (κ1) is 17.2. The average molecular weight is 357 g/mol. The van der Waals surface area contributed by atoms with Crippen molar-refractivity contribution < 1.29 is 28.3 Å². The van der Waals surface area contributed by atoms with Crippen molar-refractivity contribution in [2.75, 3.05) is 29.9 Å². The maximum atomic E-state index is 12.3. The number of benzene rings is 1. The molecule has 0 unspecified atom stereocenters. The van der Waals surface area contributed by atoms with Gasteiger partial charge in [0.2, 0.25) is 5.91 Å². The molecule has 0 radical (unpaired) electrons. The van der Waals surface area contributed by atoms with Crippen molar-refractivity contribution >= 4 is 35.1 Å². The van der Waals surface area contributed by atoms with Gasteiger partial charge in [-0.15, -0.1) is 0 Å². The lowest BCUT2D eigenvalue weighted by Crippen LogP contribution is -2.44. The van der Waals surface area contributed by atoms with E-state index in [4.69, 9.17) is 9.15 Å². The first-order valence-corrected chi connectivity index (χ1v) is 7.71. The van der Waals surface area contributed by atoms with Gasteiger partial charge >= 0.3 is 5.97 Å². The van der Waals surface area contributed by atoms with Crippen molar-refractivity contribution in [1.82, 2.24) is 5.32 Å². The van der Waals surface area contributed by atoms with Crippen LogP contribution >= 0.6 is 0 Å². The molecule has 2 heterocycles. The third-order valence-corrected chi connectivity index (χ3v) is 3.57. The quantitative estimate of drug-likeness (QED) is 0.754. The molecular weight excluding hydrogens is 342 g/mol. The molecule has 3 rings (SSSR count). The summed E-state index contributed by atoms with van der Waals surface area (Å²) < 4.78 is 9.75. The number of esters is 1. The van der Waals surface area contributed by atoms with Crippen LogP contribution in [-0.2, 0) is 19.1 Å². The first-order chi connectivity index (χ1) is 12.5. The summed E-state index contributed by atoms with van der Waals surface area (Å²) in [7, 11) is 0. The van der Waals surface area contributed by atoms with Crippen molar-refractivity contribution in [3.05, 3.63) is 48.4 Å². The van der Waals surface area contributed by atoms with E-state index in [0.717, 1.165) is 0 Å². The Kier molecular flexibility index (Phi) is 4.97. The van der Waals surface area contributed by atoms with Crippen LogP contribution in [0.25, 0.3) is 0 Å². The number of nitrogens with one attached hydrogen (secondary N) is 2. The summed E-state index contributed by atoms with van der Waals surface area (Å²) in [6, 6.07) is 9.80. The molecule has 0 spiro atoms. The van der Waals surface area contributed by atoms with Gasteiger partial charge in [0.15, 0.2) is 12.4 Å². The number of amides is 3. The van der Waals surface area contributed by atoms with Gasteiger partial charge < -0.3 is 19.8 Å². The summed E-state index contributed by atoms with van der Waals surface area (Å²) in [6.45, 7) is -1.12. The second-order valence-electron chi connectivity index (χ2n) is 5.37. The van der Waals surface area contributed by atoms with Gasteiger partial charge in [0.1, 0.15) is 13.1 Å². The van der Waals surface area contributed by atoms with Gasteiger partial charge in [-0.2, -0.15) is 0 Å². The van der Waals surface area contributed by atoms with Gasteiger partial charge in [-0.25, -0.2) is 0 Å². The highest BCUT2D eigenvalue weighted by atomic mass is 16.5. The molecule has 3 amide bonds. The molecule has 1 aromatic carbocycles. The van der Waals surface area contributed by atoms with E-state index in [0.29, 0.717) is 11.4 Å². The maximum Gasteiger partial charge on any atom is 0.325 e. The second-order valence-corrected chi connectivity index (χ2v) is 5.37. The molecule has 0 saturated heterocycles. The minimum atomic E-state index is -0.784. The predicted molar refractivity (Wildman–Crippen MR) is 89.4 cm³/mol. The third-order valence-electron chi connectivity index (χ3n) is 3.57. The lowest BCUT2D eigenvalue weighted by molar-refractivity contribution is -0.146. The fraction of sp³-hybridized carbons (Fsp3) is 0.176. The number of furan rings is 1. The summed E-state index contributed by atoms with van der Waals surface area (Å²) in [4.78, 5) is 48.6. The smallest absolute Gasteiger partial charge is 0.325 e. The normalized spacial score (nSPS) is 12.8. The predicted octanol–water partition coefficient (Wildman–Crippen LogP) is 0.538. The van der Waals surface area contributed by atoms with Crippen LogP contribution < -0.4 is 15.5 Å². The molecule has 1 aliphatic heterocycles. The highest BCUT2D eigenvalue weighted by molar-refractivity contribution is 6.10. The molecule has 2 N–H and O–H groups in total. The molecule has 9 heteroatoms. The summed E-state index contributed by atoms with van der Waals surface area (Å²) in [6.07, 6.45) is 1.33. The lowest BCUT2D eigenvalue weighted by Gasteiger charge is -2.28. The molecule has 0 aliphatic carbocycles. The highest BCUT2D eigenvalue weighted by Crippen LogP contribution is 2.28. The number of para-hydroxylation sites is 2. The number of carbonyl (C=O) groups excluding carboxylic acids is 4. The number of hydrogen-bond donors (Lipinski definition) is 2. The second kappa shape index (κ2) is 7.51. The van der Waals surface area contributed by atoms with Crippen LogP contribution in [-0.4, -0.2) is 43.4 Å². The summed E-state index contributed by atoms with van der Waals surface area (Å²) >= 11 is 0. The van der Waals surface area contributed by atoms with Crippen LogP contribution in [0, 0.1) is 0 Å². The fourth-order valence-corrected chi connectivity index (χ4v) is 2.37. The average Bonchev–Trinajstić information content (AvgIpc) is 3.18. The van der Waals surface area contributed by atoms with Gasteiger partial charge in [0.25, 0.3) is 11.8 Å². The van der Waals surface area contributed by atoms with E-state index < -0.39 is 30.9 Å². The number of rotatable bonds is 5. The van der Waals surface area contributed by atoms with Crippen LogP contribution in [0.4, 0.5) is 11.4 Å². The molecule has 0 fully saturated rings. The standard InChI is InChI=1S/C17H15N3O6/c21-14-9-20(12-5-2-1-4-11(12)19-14)15(22)10-26-16(23)8-18-17(24)13-6-3-7-25-13/h1-7H,8-10H2,(H,18,24)(H,19,21). The Labute approximate surface area is 147 Å². The van der Waals surface area contributed by atoms with Crippen LogP contribution in [0.15, 0.2) is 47.1 Å². The Hall–Kier alpha value is -3.62. The molecule has 134 valence electrons. The zero-order valence-electron chi connectivity index (χ0n) is 13.6. The van der Waals surface area contributed by atoms with Crippen LogP contribution in [0.3, 0.4) is 0 Å². The Morgan fingerprint density at radius 1 is 1.19 bits per heavy atom. The molecule has 0 atom stereocenters. The lowest BCUT2D eigenvalue weighted by atomic mass is 10.2. The van der Waals surface area contributed by atoms with Crippen LogP contribution in [0.5, 0.6) is 0 Å². The van der Waals surface area contributed by atoms with Gasteiger partial charge in [-0.05, 0) is 24.3 Å². The summed E-state index contributed by atoms with van der Waals surface area (Å²) in [5.41, 5.74) is 1.04. The van der Waals surface area contributed by atoms with Crippen molar-refractivity contribution in [3.8, 4) is 0 Å². The minimum absolute atomic E-state index is 0.0600. The maximum absolute atomic E-state index is 12.3. The number of ether oxygens (including phenoxy) is 1. The summed E-state index contributed by atoms with van der Waals surface area (Å²) in [5, 5.41) is 4.97. The highest BCUT2D eigenvalue weighted by Gasteiger charge is 2.27. The van der Waals surface area contributed by atoms with Crippen molar-refractivity contribution in [2.45, 2.75) is 0 Å². The molecular formula is C17H15N3O6. The van der Waals surface area contributed by atoms with Crippen molar-refractivity contribution in [1.29, 1.82) is 0 Å². The fourth-order valence-electron chi connectivity index (χ4n) is 2.37. The van der Waals surface area contributed by atoms with E-state index in [-0.39, 0.29) is 18.2 Å². The topological polar surface area (TPSA) is 118 Å². The van der Waals surface area contributed by atoms with Crippen LogP contribution in [0.2, 0.25) is 0 Å². The molecule has 9 nitrogen and oxygen atoms in total. The molecule has 0 bridgehead atoms. The van der Waals surface area contributed by atoms with Gasteiger partial charge in [0, 0.05) is 0 Å². The van der Waals surface area contributed by atoms with E-state index in [1.165, 1.54) is 17.2 Å². The van der Waals surface area contributed by atoms with E-state index >= 15 is 0 Å². The van der Waals surface area contributed by atoms with Gasteiger partial charge in [-0.1, -0.05) is 12.1 Å². The largest absolute Gasteiger partial charge is 0.459 e. The number of hydrogen-bond acceptors (Lipinski definition) is 6. The van der Waals surface area contributed by atoms with E-state index in [1.807, 2.05) is 0 Å². The van der Waals surface area contributed by atoms with E-state index in [1.54, 1.807) is 30.3 Å². The zero-order chi connectivity index (χ0) is 18.5. The number of carbonyl (C=O) groups is 4. The number of fused-ring (bicyclic) bond motifs is 1. The van der Waals surface area contributed by atoms with Gasteiger partial charge in [-0.3, -0.25) is 24.1 Å². The molecule has 2 aromatic rings. The Morgan fingerprint density at radius 3 is 2.77 bits per heavy atom.